The molecule has 1 aliphatic rings. The van der Waals surface area contributed by atoms with E-state index in [1.54, 1.807) is 16.8 Å². The standard InChI is InChI=1S/C15H18N4O3S2/c1-10-7-14(19(18-10)13-5-6-24(21,22)9-13)17-15(20)4-3-12-8-23-11(2)16-12/h3-4,7-8,13H,5-6,9H2,1-2H3,(H,17,20)/b4-3+. The predicted molar refractivity (Wildman–Crippen MR) is 93.8 cm³/mol. The number of nitrogens with one attached hydrogen (secondary N) is 1. The second-order valence-corrected chi connectivity index (χ2v) is 9.08. The molecule has 7 nitrogen and oxygen atoms in total. The fraction of sp³-hybridized carbons (Fsp3) is 0.400. The van der Waals surface area contributed by atoms with E-state index in [0.717, 1.165) is 16.4 Å². The fourth-order valence-corrected chi connectivity index (χ4v) is 4.91. The SMILES string of the molecule is Cc1cc(NC(=O)/C=C/c2csc(C)n2)n(C2CCS(=O)(=O)C2)n1. The Morgan fingerprint density at radius 1 is 1.46 bits per heavy atom. The number of amides is 1. The van der Waals surface area contributed by atoms with Gasteiger partial charge in [0, 0.05) is 17.5 Å². The molecule has 1 atom stereocenters. The number of rotatable bonds is 4. The van der Waals surface area contributed by atoms with Crippen LogP contribution in [0.1, 0.15) is 28.9 Å². The molecule has 0 aliphatic carbocycles. The molecule has 0 spiro atoms. The molecule has 0 radical (unpaired) electrons. The van der Waals surface area contributed by atoms with E-state index in [1.807, 2.05) is 19.2 Å². The number of aryl methyl sites for hydroxylation is 2. The van der Waals surface area contributed by atoms with E-state index in [0.29, 0.717) is 12.2 Å². The minimum atomic E-state index is -3.02. The average Bonchev–Trinajstić information content (AvgIpc) is 3.16. The maximum atomic E-state index is 12.1. The molecule has 3 rings (SSSR count). The normalized spacial score (nSPS) is 19.8. The lowest BCUT2D eigenvalue weighted by Gasteiger charge is -2.13. The fourth-order valence-electron chi connectivity index (χ4n) is 2.64. The number of hydrogen-bond donors (Lipinski definition) is 1. The van der Waals surface area contributed by atoms with Crippen LogP contribution < -0.4 is 5.32 Å². The zero-order valence-corrected chi connectivity index (χ0v) is 15.0. The summed E-state index contributed by atoms with van der Waals surface area (Å²) in [7, 11) is -3.02. The van der Waals surface area contributed by atoms with Crippen molar-refractivity contribution in [1.82, 2.24) is 14.8 Å². The second kappa shape index (κ2) is 6.48. The number of thiazole rings is 1. The summed E-state index contributed by atoms with van der Waals surface area (Å²) < 4.78 is 25.0. The van der Waals surface area contributed by atoms with Crippen molar-refractivity contribution in [2.45, 2.75) is 26.3 Å². The minimum Gasteiger partial charge on any atom is -0.307 e. The third-order valence-electron chi connectivity index (χ3n) is 3.71. The molecule has 3 heterocycles. The number of anilines is 1. The highest BCUT2D eigenvalue weighted by Gasteiger charge is 2.31. The first-order chi connectivity index (χ1) is 11.3. The van der Waals surface area contributed by atoms with Gasteiger partial charge >= 0.3 is 0 Å². The van der Waals surface area contributed by atoms with Crippen LogP contribution in [0.2, 0.25) is 0 Å². The van der Waals surface area contributed by atoms with Gasteiger partial charge in [0.05, 0.1) is 33.9 Å². The summed E-state index contributed by atoms with van der Waals surface area (Å²) in [6, 6.07) is 1.51. The summed E-state index contributed by atoms with van der Waals surface area (Å²) in [5.41, 5.74) is 1.47. The van der Waals surface area contributed by atoms with Crippen LogP contribution >= 0.6 is 11.3 Å². The molecule has 1 aliphatic heterocycles. The Bertz CT molecular complexity index is 896. The Morgan fingerprint density at radius 3 is 2.88 bits per heavy atom. The highest BCUT2D eigenvalue weighted by Crippen LogP contribution is 2.27. The summed E-state index contributed by atoms with van der Waals surface area (Å²) in [4.78, 5) is 16.4. The van der Waals surface area contributed by atoms with Crippen molar-refractivity contribution in [2.75, 3.05) is 16.8 Å². The van der Waals surface area contributed by atoms with E-state index < -0.39 is 9.84 Å². The molecule has 1 N–H and O–H groups in total. The molecule has 1 amide bonds. The number of aromatic nitrogens is 3. The molecule has 9 heteroatoms. The summed E-state index contributed by atoms with van der Waals surface area (Å²) in [6.07, 6.45) is 3.57. The lowest BCUT2D eigenvalue weighted by atomic mass is 10.3. The van der Waals surface area contributed by atoms with Gasteiger partial charge in [-0.25, -0.2) is 18.1 Å². The van der Waals surface area contributed by atoms with Crippen molar-refractivity contribution in [3.8, 4) is 0 Å². The van der Waals surface area contributed by atoms with Crippen LogP contribution in [-0.2, 0) is 14.6 Å². The third-order valence-corrected chi connectivity index (χ3v) is 6.25. The van der Waals surface area contributed by atoms with Crippen molar-refractivity contribution in [3.05, 3.63) is 33.9 Å². The van der Waals surface area contributed by atoms with Gasteiger partial charge in [-0.1, -0.05) is 0 Å². The first kappa shape index (κ1) is 16.8. The van der Waals surface area contributed by atoms with E-state index in [-0.39, 0.29) is 23.5 Å². The predicted octanol–water partition coefficient (Wildman–Crippen LogP) is 1.97. The van der Waals surface area contributed by atoms with Crippen molar-refractivity contribution < 1.29 is 13.2 Å². The van der Waals surface area contributed by atoms with Gasteiger partial charge in [-0.15, -0.1) is 11.3 Å². The van der Waals surface area contributed by atoms with E-state index in [2.05, 4.69) is 15.4 Å². The average molecular weight is 366 g/mol. The Labute approximate surface area is 144 Å². The molecule has 1 saturated heterocycles. The number of hydrogen-bond acceptors (Lipinski definition) is 6. The van der Waals surface area contributed by atoms with E-state index >= 15 is 0 Å². The summed E-state index contributed by atoms with van der Waals surface area (Å²) in [5.74, 6) is 0.430. The number of carbonyl (C=O) groups excluding carboxylic acids is 1. The monoisotopic (exact) mass is 366 g/mol. The van der Waals surface area contributed by atoms with Crippen LogP contribution in [0.15, 0.2) is 17.5 Å². The van der Waals surface area contributed by atoms with Crippen LogP contribution in [0, 0.1) is 13.8 Å². The van der Waals surface area contributed by atoms with Gasteiger partial charge < -0.3 is 5.32 Å². The van der Waals surface area contributed by atoms with Crippen molar-refractivity contribution in [3.63, 3.8) is 0 Å². The number of carbonyl (C=O) groups is 1. The van der Waals surface area contributed by atoms with Crippen molar-refractivity contribution in [1.29, 1.82) is 0 Å². The highest BCUT2D eigenvalue weighted by molar-refractivity contribution is 7.91. The van der Waals surface area contributed by atoms with Gasteiger partial charge in [0.25, 0.3) is 0 Å². The maximum Gasteiger partial charge on any atom is 0.249 e. The van der Waals surface area contributed by atoms with Crippen LogP contribution in [0.5, 0.6) is 0 Å². The van der Waals surface area contributed by atoms with E-state index in [9.17, 15) is 13.2 Å². The first-order valence-electron chi connectivity index (χ1n) is 7.50. The molecule has 0 aromatic carbocycles. The summed E-state index contributed by atoms with van der Waals surface area (Å²) in [6.45, 7) is 3.71. The van der Waals surface area contributed by atoms with Gasteiger partial charge in [-0.2, -0.15) is 5.10 Å². The Balaban J connectivity index is 1.73. The maximum absolute atomic E-state index is 12.1. The van der Waals surface area contributed by atoms with Crippen LogP contribution in [0.4, 0.5) is 5.82 Å². The van der Waals surface area contributed by atoms with E-state index in [4.69, 9.17) is 0 Å². The summed E-state index contributed by atoms with van der Waals surface area (Å²) >= 11 is 1.52. The quantitative estimate of drug-likeness (QED) is 0.835. The van der Waals surface area contributed by atoms with Gasteiger partial charge in [0.1, 0.15) is 5.82 Å². The van der Waals surface area contributed by atoms with Gasteiger partial charge in [0.2, 0.25) is 5.91 Å². The molecular formula is C15H18N4O3S2. The van der Waals surface area contributed by atoms with E-state index in [1.165, 1.54) is 17.4 Å². The molecule has 2 aromatic rings. The van der Waals surface area contributed by atoms with Crippen LogP contribution in [-0.4, -0.2) is 40.6 Å². The van der Waals surface area contributed by atoms with Crippen molar-refractivity contribution >= 4 is 39.0 Å². The first-order valence-corrected chi connectivity index (χ1v) is 10.2. The Kier molecular flexibility index (Phi) is 4.55. The molecule has 24 heavy (non-hydrogen) atoms. The van der Waals surface area contributed by atoms with Gasteiger partial charge in [-0.05, 0) is 26.3 Å². The van der Waals surface area contributed by atoms with Crippen LogP contribution in [0.3, 0.4) is 0 Å². The molecule has 1 fully saturated rings. The lowest BCUT2D eigenvalue weighted by molar-refractivity contribution is -0.111. The number of nitrogens with zero attached hydrogens (tertiary/aromatic N) is 3. The topological polar surface area (TPSA) is 94.0 Å². The molecule has 128 valence electrons. The Hall–Kier alpha value is -2.00. The second-order valence-electron chi connectivity index (χ2n) is 5.79. The lowest BCUT2D eigenvalue weighted by Crippen LogP contribution is -2.18. The number of sulfone groups is 1. The zero-order valence-electron chi connectivity index (χ0n) is 13.4. The van der Waals surface area contributed by atoms with Crippen molar-refractivity contribution in [2.24, 2.45) is 0 Å². The van der Waals surface area contributed by atoms with Gasteiger partial charge in [-0.3, -0.25) is 4.79 Å². The third kappa shape index (κ3) is 3.90. The molecule has 2 aromatic heterocycles. The highest BCUT2D eigenvalue weighted by atomic mass is 32.2. The minimum absolute atomic E-state index is 0.0604. The smallest absolute Gasteiger partial charge is 0.249 e. The molecule has 1 unspecified atom stereocenters. The van der Waals surface area contributed by atoms with Crippen LogP contribution in [0.25, 0.3) is 6.08 Å². The largest absolute Gasteiger partial charge is 0.307 e. The molecule has 0 saturated carbocycles. The molecular weight excluding hydrogens is 348 g/mol. The Morgan fingerprint density at radius 2 is 2.25 bits per heavy atom. The summed E-state index contributed by atoms with van der Waals surface area (Å²) in [5, 5.41) is 9.91. The zero-order chi connectivity index (χ0) is 17.3. The molecule has 0 bridgehead atoms. The van der Waals surface area contributed by atoms with Gasteiger partial charge in [0.15, 0.2) is 9.84 Å².